The second-order valence-electron chi connectivity index (χ2n) is 4.73. The van der Waals surface area contributed by atoms with Gasteiger partial charge < -0.3 is 15.3 Å². The molecular formula is C10H18O3. The van der Waals surface area contributed by atoms with Crippen molar-refractivity contribution in [3.05, 3.63) is 11.6 Å². The van der Waals surface area contributed by atoms with Gasteiger partial charge in [-0.3, -0.25) is 0 Å². The molecule has 3 unspecified atom stereocenters. The first-order valence-corrected chi connectivity index (χ1v) is 4.55. The van der Waals surface area contributed by atoms with Crippen LogP contribution in [0.4, 0.5) is 0 Å². The summed E-state index contributed by atoms with van der Waals surface area (Å²) in [6.07, 6.45) is 0.117. The van der Waals surface area contributed by atoms with Gasteiger partial charge in [0, 0.05) is 5.92 Å². The molecule has 76 valence electrons. The van der Waals surface area contributed by atoms with Crippen LogP contribution in [0, 0.1) is 11.3 Å². The van der Waals surface area contributed by atoms with Crippen LogP contribution in [0.2, 0.25) is 0 Å². The number of aliphatic hydroxyl groups is 3. The maximum atomic E-state index is 9.68. The predicted molar refractivity (Wildman–Crippen MR) is 50.1 cm³/mol. The highest BCUT2D eigenvalue weighted by Gasteiger charge is 2.40. The van der Waals surface area contributed by atoms with Crippen LogP contribution < -0.4 is 0 Å². The van der Waals surface area contributed by atoms with Gasteiger partial charge in [0.1, 0.15) is 6.10 Å². The predicted octanol–water partition coefficient (Wildman–Crippen LogP) is 0.303. The Labute approximate surface area is 78.7 Å². The zero-order chi connectivity index (χ0) is 10.2. The van der Waals surface area contributed by atoms with Crippen LogP contribution in [0.3, 0.4) is 0 Å². The van der Waals surface area contributed by atoms with Crippen LogP contribution in [0.25, 0.3) is 0 Å². The van der Waals surface area contributed by atoms with Crippen LogP contribution in [-0.4, -0.2) is 34.1 Å². The minimum atomic E-state index is -0.894. The lowest BCUT2D eigenvalue weighted by molar-refractivity contribution is -0.00235. The Hall–Kier alpha value is -0.380. The highest BCUT2D eigenvalue weighted by Crippen LogP contribution is 2.37. The minimum Gasteiger partial charge on any atom is -0.392 e. The Bertz CT molecular complexity index is 215. The number of hydrogen-bond donors (Lipinski definition) is 3. The van der Waals surface area contributed by atoms with Gasteiger partial charge >= 0.3 is 0 Å². The molecule has 0 bridgehead atoms. The van der Waals surface area contributed by atoms with Crippen molar-refractivity contribution in [2.75, 3.05) is 6.61 Å². The fraction of sp³-hybridized carbons (Fsp3) is 0.800. The molecule has 0 saturated carbocycles. The summed E-state index contributed by atoms with van der Waals surface area (Å²) < 4.78 is 0. The Kier molecular flexibility index (Phi) is 2.80. The standard InChI is InChI=1S/C10H18O3/c1-10(2,3)7-4-6(5-11)8(12)9(7)13/h4,7-9,11-13H,5H2,1-3H3. The van der Waals surface area contributed by atoms with Crippen molar-refractivity contribution < 1.29 is 15.3 Å². The van der Waals surface area contributed by atoms with Crippen LogP contribution in [-0.2, 0) is 0 Å². The fourth-order valence-corrected chi connectivity index (χ4v) is 1.75. The first-order valence-electron chi connectivity index (χ1n) is 4.55. The topological polar surface area (TPSA) is 60.7 Å². The summed E-state index contributed by atoms with van der Waals surface area (Å²) in [7, 11) is 0. The third kappa shape index (κ3) is 1.93. The summed E-state index contributed by atoms with van der Waals surface area (Å²) in [5, 5.41) is 28.1. The molecule has 1 aliphatic rings. The first kappa shape index (κ1) is 10.7. The molecular weight excluding hydrogens is 168 g/mol. The molecule has 3 N–H and O–H groups in total. The lowest BCUT2D eigenvalue weighted by Crippen LogP contribution is -2.34. The summed E-state index contributed by atoms with van der Waals surface area (Å²) in [5.74, 6) is -0.0790. The van der Waals surface area contributed by atoms with Gasteiger partial charge in [-0.1, -0.05) is 26.8 Å². The molecule has 13 heavy (non-hydrogen) atoms. The summed E-state index contributed by atoms with van der Waals surface area (Å²) in [6.45, 7) is 5.84. The molecule has 3 nitrogen and oxygen atoms in total. The zero-order valence-corrected chi connectivity index (χ0v) is 8.36. The average molecular weight is 186 g/mol. The highest BCUT2D eigenvalue weighted by molar-refractivity contribution is 5.22. The Morgan fingerprint density at radius 2 is 1.85 bits per heavy atom. The third-order valence-corrected chi connectivity index (χ3v) is 2.65. The summed E-state index contributed by atoms with van der Waals surface area (Å²) >= 11 is 0. The Morgan fingerprint density at radius 3 is 2.08 bits per heavy atom. The normalized spacial score (nSPS) is 34.9. The van der Waals surface area contributed by atoms with Gasteiger partial charge in [-0.25, -0.2) is 0 Å². The van der Waals surface area contributed by atoms with Gasteiger partial charge in [-0.2, -0.15) is 0 Å². The van der Waals surface area contributed by atoms with Gasteiger partial charge in [0.2, 0.25) is 0 Å². The second kappa shape index (κ2) is 3.40. The molecule has 0 spiro atoms. The van der Waals surface area contributed by atoms with E-state index in [1.807, 2.05) is 20.8 Å². The number of hydrogen-bond acceptors (Lipinski definition) is 3. The second-order valence-corrected chi connectivity index (χ2v) is 4.73. The van der Waals surface area contributed by atoms with E-state index >= 15 is 0 Å². The van der Waals surface area contributed by atoms with Crippen molar-refractivity contribution in [1.29, 1.82) is 0 Å². The molecule has 1 aliphatic carbocycles. The molecule has 3 atom stereocenters. The molecule has 0 aliphatic heterocycles. The quantitative estimate of drug-likeness (QED) is 0.516. The highest BCUT2D eigenvalue weighted by atomic mass is 16.3. The Balaban J connectivity index is 2.86. The zero-order valence-electron chi connectivity index (χ0n) is 8.36. The van der Waals surface area contributed by atoms with E-state index < -0.39 is 12.2 Å². The molecule has 0 aromatic carbocycles. The minimum absolute atomic E-state index is 0.0790. The van der Waals surface area contributed by atoms with Gasteiger partial charge in [0.05, 0.1) is 12.7 Å². The fourth-order valence-electron chi connectivity index (χ4n) is 1.75. The molecule has 0 saturated heterocycles. The Morgan fingerprint density at radius 1 is 1.31 bits per heavy atom. The van der Waals surface area contributed by atoms with Crippen molar-refractivity contribution in [3.63, 3.8) is 0 Å². The van der Waals surface area contributed by atoms with Crippen LogP contribution in [0.1, 0.15) is 20.8 Å². The smallest absolute Gasteiger partial charge is 0.104 e. The molecule has 0 aromatic heterocycles. The lowest BCUT2D eigenvalue weighted by Gasteiger charge is -2.29. The summed E-state index contributed by atoms with van der Waals surface area (Å²) in [5.41, 5.74) is 0.449. The SMILES string of the molecule is CC(C)(C)C1C=C(CO)C(O)C1O. The summed E-state index contributed by atoms with van der Waals surface area (Å²) in [6, 6.07) is 0. The van der Waals surface area contributed by atoms with Gasteiger partial charge in [0.25, 0.3) is 0 Å². The molecule has 3 heteroatoms. The monoisotopic (exact) mass is 186 g/mol. The van der Waals surface area contributed by atoms with Crippen molar-refractivity contribution in [2.45, 2.75) is 33.0 Å². The van der Waals surface area contributed by atoms with E-state index in [4.69, 9.17) is 5.11 Å². The number of rotatable bonds is 1. The van der Waals surface area contributed by atoms with Gasteiger partial charge in [-0.15, -0.1) is 0 Å². The van der Waals surface area contributed by atoms with E-state index in [1.54, 1.807) is 6.08 Å². The summed E-state index contributed by atoms with van der Waals surface area (Å²) in [4.78, 5) is 0. The van der Waals surface area contributed by atoms with Gasteiger partial charge in [0.15, 0.2) is 0 Å². The first-order chi connectivity index (χ1) is 5.88. The molecule has 0 heterocycles. The van der Waals surface area contributed by atoms with E-state index in [0.29, 0.717) is 5.57 Å². The molecule has 0 aromatic rings. The van der Waals surface area contributed by atoms with Crippen molar-refractivity contribution in [1.82, 2.24) is 0 Å². The van der Waals surface area contributed by atoms with Gasteiger partial charge in [-0.05, 0) is 11.0 Å². The molecule has 1 rings (SSSR count). The van der Waals surface area contributed by atoms with Crippen LogP contribution in [0.5, 0.6) is 0 Å². The number of aliphatic hydroxyl groups excluding tert-OH is 3. The average Bonchev–Trinajstić information content (AvgIpc) is 2.28. The van der Waals surface area contributed by atoms with Crippen molar-refractivity contribution in [3.8, 4) is 0 Å². The van der Waals surface area contributed by atoms with E-state index in [2.05, 4.69) is 0 Å². The van der Waals surface area contributed by atoms with E-state index in [1.165, 1.54) is 0 Å². The van der Waals surface area contributed by atoms with E-state index in [-0.39, 0.29) is 17.9 Å². The molecule has 0 amide bonds. The van der Waals surface area contributed by atoms with Crippen LogP contribution in [0.15, 0.2) is 11.6 Å². The third-order valence-electron chi connectivity index (χ3n) is 2.65. The lowest BCUT2D eigenvalue weighted by atomic mass is 9.79. The van der Waals surface area contributed by atoms with Crippen LogP contribution >= 0.6 is 0 Å². The van der Waals surface area contributed by atoms with Crippen molar-refractivity contribution in [2.24, 2.45) is 11.3 Å². The largest absolute Gasteiger partial charge is 0.392 e. The van der Waals surface area contributed by atoms with E-state index in [0.717, 1.165) is 0 Å². The molecule has 0 radical (unpaired) electrons. The maximum absolute atomic E-state index is 9.68. The van der Waals surface area contributed by atoms with Crippen molar-refractivity contribution >= 4 is 0 Å². The maximum Gasteiger partial charge on any atom is 0.104 e. The molecule has 0 fully saturated rings. The van der Waals surface area contributed by atoms with E-state index in [9.17, 15) is 10.2 Å².